The molecule has 0 spiro atoms. The smallest absolute Gasteiger partial charge is 0.272 e. The van der Waals surface area contributed by atoms with E-state index in [1.54, 1.807) is 29.3 Å². The molecule has 4 rings (SSSR count). The third kappa shape index (κ3) is 4.24. The molecule has 0 atom stereocenters. The number of nitrogens with zero attached hydrogens (tertiary/aromatic N) is 5. The molecule has 2 saturated heterocycles. The maximum absolute atomic E-state index is 12.6. The van der Waals surface area contributed by atoms with Crippen LogP contribution in [0.4, 0.5) is 5.95 Å². The molecule has 0 saturated carbocycles. The normalized spacial score (nSPS) is 18.2. The second kappa shape index (κ2) is 8.06. The van der Waals surface area contributed by atoms with E-state index in [1.807, 2.05) is 0 Å². The number of aromatic nitrogens is 3. The van der Waals surface area contributed by atoms with E-state index in [0.717, 1.165) is 25.9 Å². The molecule has 0 N–H and O–H groups in total. The van der Waals surface area contributed by atoms with Crippen LogP contribution in [0.5, 0.6) is 0 Å². The van der Waals surface area contributed by atoms with Gasteiger partial charge in [0.25, 0.3) is 5.91 Å². The topological polar surface area (TPSA) is 96.4 Å². The van der Waals surface area contributed by atoms with Gasteiger partial charge in [0, 0.05) is 44.5 Å². The van der Waals surface area contributed by atoms with Crippen LogP contribution in [0.3, 0.4) is 0 Å². The van der Waals surface area contributed by atoms with Gasteiger partial charge in [0.15, 0.2) is 9.84 Å². The number of amides is 1. The van der Waals surface area contributed by atoms with Gasteiger partial charge < -0.3 is 9.80 Å². The standard InChI is InChI=1S/C20H25N5O3S/c1-29(27,28)17-14-22-20(25-10-4-5-11-25)23-18(17)15-7-12-24(13-8-15)19(26)16-6-2-3-9-21-16/h2-3,6,9,14-15H,4-5,7-8,10-13H2,1H3. The highest BCUT2D eigenvalue weighted by atomic mass is 32.2. The van der Waals surface area contributed by atoms with Gasteiger partial charge in [0.1, 0.15) is 10.6 Å². The Kier molecular flexibility index (Phi) is 5.49. The maximum Gasteiger partial charge on any atom is 0.272 e. The van der Waals surface area contributed by atoms with Crippen LogP contribution in [0.1, 0.15) is 47.8 Å². The maximum atomic E-state index is 12.6. The minimum atomic E-state index is -3.43. The van der Waals surface area contributed by atoms with E-state index in [9.17, 15) is 13.2 Å². The fourth-order valence-corrected chi connectivity index (χ4v) is 4.87. The Labute approximate surface area is 170 Å². The molecule has 1 amide bonds. The van der Waals surface area contributed by atoms with Crippen LogP contribution in [0.15, 0.2) is 35.5 Å². The number of pyridine rings is 1. The fourth-order valence-electron chi connectivity index (χ4n) is 4.03. The molecule has 2 aliphatic rings. The molecule has 2 aliphatic heterocycles. The molecule has 8 nitrogen and oxygen atoms in total. The largest absolute Gasteiger partial charge is 0.341 e. The quantitative estimate of drug-likeness (QED) is 0.752. The zero-order valence-corrected chi connectivity index (χ0v) is 17.3. The Morgan fingerprint density at radius 1 is 1.07 bits per heavy atom. The number of hydrogen-bond donors (Lipinski definition) is 0. The summed E-state index contributed by atoms with van der Waals surface area (Å²) < 4.78 is 24.6. The van der Waals surface area contributed by atoms with Crippen LogP contribution in [0, 0.1) is 0 Å². The molecule has 0 radical (unpaired) electrons. The number of piperidine rings is 1. The van der Waals surface area contributed by atoms with E-state index in [2.05, 4.69) is 14.9 Å². The van der Waals surface area contributed by atoms with Crippen molar-refractivity contribution in [3.63, 3.8) is 0 Å². The lowest BCUT2D eigenvalue weighted by Gasteiger charge is -2.32. The number of hydrogen-bond acceptors (Lipinski definition) is 7. The van der Waals surface area contributed by atoms with Gasteiger partial charge in [0.05, 0.1) is 11.9 Å². The van der Waals surface area contributed by atoms with Crippen molar-refractivity contribution in [3.05, 3.63) is 42.0 Å². The van der Waals surface area contributed by atoms with E-state index in [4.69, 9.17) is 4.98 Å². The van der Waals surface area contributed by atoms with Crippen molar-refractivity contribution in [1.29, 1.82) is 0 Å². The zero-order chi connectivity index (χ0) is 20.4. The summed E-state index contributed by atoms with van der Waals surface area (Å²) in [6.45, 7) is 2.89. The lowest BCUT2D eigenvalue weighted by Crippen LogP contribution is -2.38. The number of anilines is 1. The van der Waals surface area contributed by atoms with Crippen molar-refractivity contribution < 1.29 is 13.2 Å². The Hall–Kier alpha value is -2.55. The summed E-state index contributed by atoms with van der Waals surface area (Å²) in [5, 5.41) is 0. The summed E-state index contributed by atoms with van der Waals surface area (Å²) in [6, 6.07) is 5.29. The lowest BCUT2D eigenvalue weighted by molar-refractivity contribution is 0.0705. The summed E-state index contributed by atoms with van der Waals surface area (Å²) in [5.41, 5.74) is 1.02. The Morgan fingerprint density at radius 3 is 2.41 bits per heavy atom. The van der Waals surface area contributed by atoms with E-state index in [1.165, 1.54) is 12.5 Å². The average molecular weight is 416 g/mol. The number of likely N-dealkylation sites (tertiary alicyclic amines) is 1. The number of rotatable bonds is 4. The van der Waals surface area contributed by atoms with Crippen LogP contribution in [0.2, 0.25) is 0 Å². The minimum absolute atomic E-state index is 0.0168. The van der Waals surface area contributed by atoms with Gasteiger partial charge in [-0.05, 0) is 37.8 Å². The van der Waals surface area contributed by atoms with Gasteiger partial charge in [-0.25, -0.2) is 18.4 Å². The summed E-state index contributed by atoms with van der Waals surface area (Å²) >= 11 is 0. The van der Waals surface area contributed by atoms with Crippen LogP contribution in [-0.4, -0.2) is 66.6 Å². The van der Waals surface area contributed by atoms with Crippen LogP contribution in [0.25, 0.3) is 0 Å². The SMILES string of the molecule is CS(=O)(=O)c1cnc(N2CCCC2)nc1C1CCN(C(=O)c2ccccn2)CC1. The monoisotopic (exact) mass is 415 g/mol. The van der Waals surface area contributed by atoms with Crippen molar-refractivity contribution in [2.24, 2.45) is 0 Å². The highest BCUT2D eigenvalue weighted by Crippen LogP contribution is 2.32. The number of carbonyl (C=O) groups excluding carboxylic acids is 1. The molecule has 0 aromatic carbocycles. The first kappa shape index (κ1) is 19.8. The second-order valence-corrected chi connectivity index (χ2v) is 9.65. The zero-order valence-electron chi connectivity index (χ0n) is 16.5. The highest BCUT2D eigenvalue weighted by Gasteiger charge is 2.30. The Balaban J connectivity index is 1.55. The number of carbonyl (C=O) groups is 1. The van der Waals surface area contributed by atoms with E-state index in [-0.39, 0.29) is 16.7 Å². The van der Waals surface area contributed by atoms with Crippen LogP contribution in [-0.2, 0) is 9.84 Å². The lowest BCUT2D eigenvalue weighted by atomic mass is 9.93. The van der Waals surface area contributed by atoms with Crippen molar-refractivity contribution in [1.82, 2.24) is 19.9 Å². The minimum Gasteiger partial charge on any atom is -0.341 e. The first-order valence-corrected chi connectivity index (χ1v) is 11.8. The third-order valence-electron chi connectivity index (χ3n) is 5.61. The fraction of sp³-hybridized carbons (Fsp3) is 0.500. The molecule has 0 unspecified atom stereocenters. The van der Waals surface area contributed by atoms with Crippen molar-refractivity contribution in [2.45, 2.75) is 36.5 Å². The molecule has 2 aromatic rings. The van der Waals surface area contributed by atoms with Crippen molar-refractivity contribution in [2.75, 3.05) is 37.3 Å². The van der Waals surface area contributed by atoms with Gasteiger partial charge >= 0.3 is 0 Å². The predicted octanol–water partition coefficient (Wildman–Crippen LogP) is 1.90. The summed E-state index contributed by atoms with van der Waals surface area (Å²) in [6.07, 6.45) is 7.79. The molecule has 0 bridgehead atoms. The van der Waals surface area contributed by atoms with Gasteiger partial charge in [-0.15, -0.1) is 0 Å². The number of sulfone groups is 1. The molecule has 4 heterocycles. The van der Waals surface area contributed by atoms with Gasteiger partial charge in [-0.1, -0.05) is 6.07 Å². The van der Waals surface area contributed by atoms with Crippen molar-refractivity contribution >= 4 is 21.7 Å². The van der Waals surface area contributed by atoms with E-state index in [0.29, 0.717) is 43.3 Å². The Bertz CT molecular complexity index is 982. The third-order valence-corrected chi connectivity index (χ3v) is 6.72. The molecule has 2 fully saturated rings. The summed E-state index contributed by atoms with van der Waals surface area (Å²) in [4.78, 5) is 29.9. The van der Waals surface area contributed by atoms with E-state index >= 15 is 0 Å². The molecular formula is C20H25N5O3S. The predicted molar refractivity (Wildman–Crippen MR) is 109 cm³/mol. The van der Waals surface area contributed by atoms with Gasteiger partial charge in [-0.2, -0.15) is 0 Å². The van der Waals surface area contributed by atoms with Gasteiger partial charge in [-0.3, -0.25) is 9.78 Å². The van der Waals surface area contributed by atoms with Gasteiger partial charge in [0.2, 0.25) is 5.95 Å². The molecule has 0 aliphatic carbocycles. The van der Waals surface area contributed by atoms with Crippen LogP contribution >= 0.6 is 0 Å². The second-order valence-electron chi connectivity index (χ2n) is 7.67. The molecule has 29 heavy (non-hydrogen) atoms. The molecule has 154 valence electrons. The molecule has 9 heteroatoms. The summed E-state index contributed by atoms with van der Waals surface area (Å²) in [7, 11) is -3.43. The molecular weight excluding hydrogens is 390 g/mol. The van der Waals surface area contributed by atoms with E-state index < -0.39 is 9.84 Å². The average Bonchev–Trinajstić information content (AvgIpc) is 3.28. The first-order valence-electron chi connectivity index (χ1n) is 9.96. The Morgan fingerprint density at radius 2 is 1.79 bits per heavy atom. The first-order chi connectivity index (χ1) is 13.9. The molecule has 2 aromatic heterocycles. The van der Waals surface area contributed by atoms with Crippen molar-refractivity contribution in [3.8, 4) is 0 Å². The summed E-state index contributed by atoms with van der Waals surface area (Å²) in [5.74, 6) is 0.501. The van der Waals surface area contributed by atoms with Crippen LogP contribution < -0.4 is 4.90 Å². The highest BCUT2D eigenvalue weighted by molar-refractivity contribution is 7.90.